The molecule has 1 saturated heterocycles. The number of hydrogen-bond acceptors (Lipinski definition) is 5. The average Bonchev–Trinajstić information content (AvgIpc) is 2.86. The Bertz CT molecular complexity index is 453. The molecule has 0 amide bonds. The molecule has 1 aliphatic heterocycles. The summed E-state index contributed by atoms with van der Waals surface area (Å²) in [5, 5.41) is 0. The van der Waals surface area contributed by atoms with E-state index in [0.717, 1.165) is 5.56 Å². The molecule has 0 bridgehead atoms. The van der Waals surface area contributed by atoms with Gasteiger partial charge in [0.25, 0.3) is 0 Å². The van der Waals surface area contributed by atoms with E-state index in [-0.39, 0.29) is 25.8 Å². The molecule has 5 nitrogen and oxygen atoms in total. The van der Waals surface area contributed by atoms with Crippen molar-refractivity contribution in [3.63, 3.8) is 0 Å². The Balaban J connectivity index is 1.90. The maximum Gasteiger partial charge on any atom is 0.313 e. The number of carbonyl (C=O) groups is 1. The molecule has 18 heavy (non-hydrogen) atoms. The van der Waals surface area contributed by atoms with E-state index < -0.39 is 12.0 Å². The number of benzene rings is 1. The third-order valence-corrected chi connectivity index (χ3v) is 2.80. The number of ether oxygens (including phenoxy) is 2. The van der Waals surface area contributed by atoms with Crippen LogP contribution in [0.3, 0.4) is 0 Å². The van der Waals surface area contributed by atoms with E-state index in [1.807, 2.05) is 30.3 Å². The molecule has 2 rings (SSSR count). The SMILES string of the molecule is O=C=N[C@H]1COC[C@H]1C(=O)OCc1ccccc1. The van der Waals surface area contributed by atoms with Crippen LogP contribution in [0, 0.1) is 5.92 Å². The largest absolute Gasteiger partial charge is 0.460 e. The normalized spacial score (nSPS) is 22.2. The summed E-state index contributed by atoms with van der Waals surface area (Å²) < 4.78 is 10.3. The van der Waals surface area contributed by atoms with E-state index in [2.05, 4.69) is 4.99 Å². The molecule has 0 saturated carbocycles. The Morgan fingerprint density at radius 3 is 2.89 bits per heavy atom. The van der Waals surface area contributed by atoms with Gasteiger partial charge in [0.2, 0.25) is 6.08 Å². The van der Waals surface area contributed by atoms with Crippen LogP contribution in [0.4, 0.5) is 0 Å². The Morgan fingerprint density at radius 1 is 1.39 bits per heavy atom. The van der Waals surface area contributed by atoms with Crippen molar-refractivity contribution < 1.29 is 19.1 Å². The van der Waals surface area contributed by atoms with Crippen molar-refractivity contribution in [1.29, 1.82) is 0 Å². The second-order valence-corrected chi connectivity index (χ2v) is 4.02. The van der Waals surface area contributed by atoms with Crippen molar-refractivity contribution in [1.82, 2.24) is 0 Å². The molecule has 2 atom stereocenters. The van der Waals surface area contributed by atoms with Crippen LogP contribution in [0.25, 0.3) is 0 Å². The van der Waals surface area contributed by atoms with Crippen molar-refractivity contribution in [3.05, 3.63) is 35.9 Å². The molecule has 0 radical (unpaired) electrons. The van der Waals surface area contributed by atoms with Gasteiger partial charge in [-0.05, 0) is 5.56 Å². The first-order valence-corrected chi connectivity index (χ1v) is 5.66. The van der Waals surface area contributed by atoms with Crippen molar-refractivity contribution in [2.75, 3.05) is 13.2 Å². The topological polar surface area (TPSA) is 65.0 Å². The van der Waals surface area contributed by atoms with E-state index in [4.69, 9.17) is 9.47 Å². The second kappa shape index (κ2) is 6.10. The number of carbonyl (C=O) groups excluding carboxylic acids is 2. The van der Waals surface area contributed by atoms with Crippen molar-refractivity contribution in [3.8, 4) is 0 Å². The first-order valence-electron chi connectivity index (χ1n) is 5.66. The molecule has 1 aliphatic rings. The van der Waals surface area contributed by atoms with Crippen LogP contribution in [0.5, 0.6) is 0 Å². The zero-order chi connectivity index (χ0) is 12.8. The van der Waals surface area contributed by atoms with Gasteiger partial charge in [-0.25, -0.2) is 4.79 Å². The molecular formula is C13H13NO4. The molecule has 94 valence electrons. The van der Waals surface area contributed by atoms with Crippen molar-refractivity contribution >= 4 is 12.0 Å². The molecule has 0 aromatic heterocycles. The molecule has 1 heterocycles. The van der Waals surface area contributed by atoms with Gasteiger partial charge in [0.1, 0.15) is 18.6 Å². The van der Waals surface area contributed by atoms with Crippen LogP contribution in [0.1, 0.15) is 5.56 Å². The molecule has 0 spiro atoms. The second-order valence-electron chi connectivity index (χ2n) is 4.02. The number of isocyanates is 1. The van der Waals surface area contributed by atoms with Gasteiger partial charge >= 0.3 is 5.97 Å². The highest BCUT2D eigenvalue weighted by Crippen LogP contribution is 2.18. The monoisotopic (exact) mass is 247 g/mol. The number of hydrogen-bond donors (Lipinski definition) is 0. The molecule has 1 aromatic carbocycles. The average molecular weight is 247 g/mol. The maximum atomic E-state index is 11.8. The molecule has 5 heteroatoms. The lowest BCUT2D eigenvalue weighted by Gasteiger charge is -2.11. The summed E-state index contributed by atoms with van der Waals surface area (Å²) in [7, 11) is 0. The summed E-state index contributed by atoms with van der Waals surface area (Å²) in [5.74, 6) is -0.893. The van der Waals surface area contributed by atoms with Gasteiger partial charge in [-0.15, -0.1) is 0 Å². The third-order valence-electron chi connectivity index (χ3n) is 2.80. The minimum Gasteiger partial charge on any atom is -0.460 e. The smallest absolute Gasteiger partial charge is 0.313 e. The fourth-order valence-corrected chi connectivity index (χ4v) is 1.80. The van der Waals surface area contributed by atoms with Gasteiger partial charge in [-0.1, -0.05) is 30.3 Å². The van der Waals surface area contributed by atoms with Crippen LogP contribution in [0.2, 0.25) is 0 Å². The number of aliphatic imine (C=N–C) groups is 1. The van der Waals surface area contributed by atoms with Crippen LogP contribution < -0.4 is 0 Å². The van der Waals surface area contributed by atoms with Crippen LogP contribution in [-0.2, 0) is 25.7 Å². The predicted molar refractivity (Wildman–Crippen MR) is 62.5 cm³/mol. The minimum atomic E-state index is -0.504. The lowest BCUT2D eigenvalue weighted by atomic mass is 10.1. The summed E-state index contributed by atoms with van der Waals surface area (Å²) in [5.41, 5.74) is 0.917. The Labute approximate surface area is 104 Å². The Morgan fingerprint density at radius 2 is 2.17 bits per heavy atom. The van der Waals surface area contributed by atoms with Crippen molar-refractivity contribution in [2.24, 2.45) is 10.9 Å². The van der Waals surface area contributed by atoms with Gasteiger partial charge in [-0.2, -0.15) is 4.99 Å². The van der Waals surface area contributed by atoms with E-state index in [1.54, 1.807) is 0 Å². The minimum absolute atomic E-state index is 0.216. The van der Waals surface area contributed by atoms with Crippen LogP contribution in [0.15, 0.2) is 35.3 Å². The summed E-state index contributed by atoms with van der Waals surface area (Å²) in [6.45, 7) is 0.720. The molecule has 0 aliphatic carbocycles. The summed E-state index contributed by atoms with van der Waals surface area (Å²) in [4.78, 5) is 25.6. The Kier molecular flexibility index (Phi) is 4.23. The first kappa shape index (κ1) is 12.5. The van der Waals surface area contributed by atoms with Gasteiger partial charge in [0.15, 0.2) is 0 Å². The molecular weight excluding hydrogens is 234 g/mol. The highest BCUT2D eigenvalue weighted by atomic mass is 16.5. The predicted octanol–water partition coefficient (Wildman–Crippen LogP) is 1.08. The third kappa shape index (κ3) is 3.03. The summed E-state index contributed by atoms with van der Waals surface area (Å²) in [6, 6.07) is 8.93. The van der Waals surface area contributed by atoms with Crippen LogP contribution in [-0.4, -0.2) is 31.3 Å². The number of rotatable bonds is 4. The fraction of sp³-hybridized carbons (Fsp3) is 0.385. The van der Waals surface area contributed by atoms with E-state index in [1.165, 1.54) is 6.08 Å². The molecule has 0 N–H and O–H groups in total. The van der Waals surface area contributed by atoms with Crippen LogP contribution >= 0.6 is 0 Å². The van der Waals surface area contributed by atoms with Gasteiger partial charge < -0.3 is 9.47 Å². The highest BCUT2D eigenvalue weighted by molar-refractivity contribution is 5.74. The van der Waals surface area contributed by atoms with Crippen molar-refractivity contribution in [2.45, 2.75) is 12.6 Å². The lowest BCUT2D eigenvalue weighted by Crippen LogP contribution is -2.27. The summed E-state index contributed by atoms with van der Waals surface area (Å²) >= 11 is 0. The number of nitrogens with zero attached hydrogens (tertiary/aromatic N) is 1. The molecule has 1 aromatic rings. The zero-order valence-corrected chi connectivity index (χ0v) is 9.74. The zero-order valence-electron chi connectivity index (χ0n) is 9.74. The van der Waals surface area contributed by atoms with Gasteiger partial charge in [0.05, 0.1) is 13.2 Å². The highest BCUT2D eigenvalue weighted by Gasteiger charge is 2.35. The van der Waals surface area contributed by atoms with E-state index in [9.17, 15) is 9.59 Å². The van der Waals surface area contributed by atoms with E-state index in [0.29, 0.717) is 0 Å². The molecule has 0 unspecified atom stereocenters. The molecule has 1 fully saturated rings. The Hall–Kier alpha value is -1.97. The standard InChI is InChI=1S/C13H13NO4/c15-9-14-12-8-17-7-11(12)13(16)18-6-10-4-2-1-3-5-10/h1-5,11-12H,6-8H2/t11-,12+/m1/s1. The van der Waals surface area contributed by atoms with Gasteiger partial charge in [-0.3, -0.25) is 4.79 Å². The van der Waals surface area contributed by atoms with Gasteiger partial charge in [0, 0.05) is 0 Å². The maximum absolute atomic E-state index is 11.8. The quantitative estimate of drug-likeness (QED) is 0.453. The number of esters is 1. The fourth-order valence-electron chi connectivity index (χ4n) is 1.80. The van der Waals surface area contributed by atoms with E-state index >= 15 is 0 Å². The lowest BCUT2D eigenvalue weighted by molar-refractivity contribution is -0.150. The summed E-state index contributed by atoms with van der Waals surface area (Å²) in [6.07, 6.45) is 1.46. The first-order chi connectivity index (χ1) is 8.81.